The van der Waals surface area contributed by atoms with Crippen LogP contribution in [0.1, 0.15) is 22.3 Å². The average Bonchev–Trinajstić information content (AvgIpc) is 2.66. The highest BCUT2D eigenvalue weighted by molar-refractivity contribution is 5.91. The zero-order valence-corrected chi connectivity index (χ0v) is 13.2. The summed E-state index contributed by atoms with van der Waals surface area (Å²) in [6.45, 7) is 0.375. The van der Waals surface area contributed by atoms with Crippen molar-refractivity contribution in [3.8, 4) is 0 Å². The maximum Gasteiger partial charge on any atom is 0.0510 e. The lowest BCUT2D eigenvalue weighted by Gasteiger charge is -2.10. The van der Waals surface area contributed by atoms with Crippen molar-refractivity contribution in [2.24, 2.45) is 5.11 Å². The van der Waals surface area contributed by atoms with E-state index in [1.54, 1.807) is 0 Å². The summed E-state index contributed by atoms with van der Waals surface area (Å²) >= 11 is 0. The van der Waals surface area contributed by atoms with E-state index >= 15 is 0 Å². The normalized spacial score (nSPS) is 10.9. The highest BCUT2D eigenvalue weighted by Crippen LogP contribution is 2.26. The Balaban J connectivity index is 2.02. The van der Waals surface area contributed by atoms with Gasteiger partial charge in [-0.25, -0.2) is 0 Å². The van der Waals surface area contributed by atoms with Crippen LogP contribution in [-0.2, 0) is 6.54 Å². The monoisotopic (exact) mass is 311 g/mol. The van der Waals surface area contributed by atoms with Gasteiger partial charge in [-0.05, 0) is 39.4 Å². The van der Waals surface area contributed by atoms with Gasteiger partial charge < -0.3 is 0 Å². The molecule has 0 saturated heterocycles. The quantitative estimate of drug-likeness (QED) is 0.237. The predicted octanol–water partition coefficient (Wildman–Crippen LogP) is 6.09. The van der Waals surface area contributed by atoms with Gasteiger partial charge in [0, 0.05) is 4.91 Å². The Labute approximate surface area is 141 Å². The Hall–Kier alpha value is -3.29. The van der Waals surface area contributed by atoms with Crippen LogP contribution in [-0.4, -0.2) is 0 Å². The average molecular weight is 311 g/mol. The van der Waals surface area contributed by atoms with Crippen LogP contribution in [0.4, 0.5) is 0 Å². The van der Waals surface area contributed by atoms with Gasteiger partial charge in [-0.3, -0.25) is 0 Å². The lowest BCUT2D eigenvalue weighted by atomic mass is 9.95. The van der Waals surface area contributed by atoms with Crippen molar-refractivity contribution in [2.45, 2.75) is 6.54 Å². The smallest absolute Gasteiger partial charge is 0.0510 e. The van der Waals surface area contributed by atoms with Gasteiger partial charge in [-0.1, -0.05) is 90.0 Å². The summed E-state index contributed by atoms with van der Waals surface area (Å²) in [5.74, 6) is 0. The van der Waals surface area contributed by atoms with Crippen molar-refractivity contribution in [3.05, 3.63) is 118 Å². The largest absolute Gasteiger partial charge is 0.0893 e. The SMILES string of the molecule is [N-]=[N+]=NCc1ccc(C(=Cc2ccccc2)c2ccccc2)cc1. The van der Waals surface area contributed by atoms with Gasteiger partial charge in [0.1, 0.15) is 0 Å². The maximum absolute atomic E-state index is 8.43. The number of hydrogen-bond donors (Lipinski definition) is 0. The van der Waals surface area contributed by atoms with Crippen LogP contribution in [0.3, 0.4) is 0 Å². The molecule has 3 aromatic carbocycles. The Morgan fingerprint density at radius 3 is 2.00 bits per heavy atom. The van der Waals surface area contributed by atoms with Gasteiger partial charge in [-0.15, -0.1) is 0 Å². The summed E-state index contributed by atoms with van der Waals surface area (Å²) in [6, 6.07) is 28.8. The van der Waals surface area contributed by atoms with E-state index in [4.69, 9.17) is 5.53 Å². The molecule has 0 unspecified atom stereocenters. The third kappa shape index (κ3) is 3.92. The molecule has 0 aromatic heterocycles. The van der Waals surface area contributed by atoms with E-state index in [-0.39, 0.29) is 0 Å². The molecule has 0 N–H and O–H groups in total. The Bertz CT molecular complexity index is 860. The zero-order chi connectivity index (χ0) is 16.6. The Morgan fingerprint density at radius 1 is 0.792 bits per heavy atom. The minimum atomic E-state index is 0.375. The second-order valence-corrected chi connectivity index (χ2v) is 5.42. The minimum absolute atomic E-state index is 0.375. The molecule has 0 radical (unpaired) electrons. The summed E-state index contributed by atoms with van der Waals surface area (Å²) in [5, 5.41) is 3.61. The predicted molar refractivity (Wildman–Crippen MR) is 99.1 cm³/mol. The lowest BCUT2D eigenvalue weighted by molar-refractivity contribution is 1.05. The third-order valence-electron chi connectivity index (χ3n) is 3.78. The molecular formula is C21H17N3. The van der Waals surface area contributed by atoms with E-state index in [0.717, 1.165) is 22.3 Å². The summed E-state index contributed by atoms with van der Waals surface area (Å²) < 4.78 is 0. The third-order valence-corrected chi connectivity index (χ3v) is 3.78. The van der Waals surface area contributed by atoms with Crippen LogP contribution in [0.5, 0.6) is 0 Å². The molecule has 0 amide bonds. The van der Waals surface area contributed by atoms with E-state index < -0.39 is 0 Å². The second-order valence-electron chi connectivity index (χ2n) is 5.42. The van der Waals surface area contributed by atoms with Crippen LogP contribution < -0.4 is 0 Å². The molecule has 0 bridgehead atoms. The fourth-order valence-corrected chi connectivity index (χ4v) is 2.57. The molecule has 0 aliphatic carbocycles. The van der Waals surface area contributed by atoms with Gasteiger partial charge in [-0.2, -0.15) is 0 Å². The van der Waals surface area contributed by atoms with Crippen LogP contribution >= 0.6 is 0 Å². The molecule has 116 valence electrons. The molecule has 24 heavy (non-hydrogen) atoms. The first-order valence-corrected chi connectivity index (χ1v) is 7.79. The molecule has 0 heterocycles. The molecule has 0 aliphatic heterocycles. The topological polar surface area (TPSA) is 48.8 Å². The fourth-order valence-electron chi connectivity index (χ4n) is 2.57. The number of hydrogen-bond acceptors (Lipinski definition) is 1. The van der Waals surface area contributed by atoms with Crippen molar-refractivity contribution in [1.82, 2.24) is 0 Å². The van der Waals surface area contributed by atoms with Gasteiger partial charge >= 0.3 is 0 Å². The number of benzene rings is 3. The van der Waals surface area contributed by atoms with Gasteiger partial charge in [0.2, 0.25) is 0 Å². The van der Waals surface area contributed by atoms with E-state index in [1.807, 2.05) is 48.5 Å². The zero-order valence-electron chi connectivity index (χ0n) is 13.2. The van der Waals surface area contributed by atoms with E-state index in [0.29, 0.717) is 6.54 Å². The number of rotatable bonds is 5. The molecule has 0 saturated carbocycles. The Morgan fingerprint density at radius 2 is 1.38 bits per heavy atom. The van der Waals surface area contributed by atoms with Crippen LogP contribution in [0.25, 0.3) is 22.1 Å². The highest BCUT2D eigenvalue weighted by Gasteiger charge is 2.05. The lowest BCUT2D eigenvalue weighted by Crippen LogP contribution is -1.89. The highest BCUT2D eigenvalue weighted by atomic mass is 15.1. The first-order valence-electron chi connectivity index (χ1n) is 7.79. The van der Waals surface area contributed by atoms with E-state index in [9.17, 15) is 0 Å². The minimum Gasteiger partial charge on any atom is -0.0893 e. The molecule has 3 nitrogen and oxygen atoms in total. The van der Waals surface area contributed by atoms with Crippen molar-refractivity contribution in [3.63, 3.8) is 0 Å². The Kier molecular flexibility index (Phi) is 5.08. The van der Waals surface area contributed by atoms with Crippen LogP contribution in [0, 0.1) is 0 Å². The molecule has 3 heteroatoms. The molecule has 0 atom stereocenters. The summed E-state index contributed by atoms with van der Waals surface area (Å²) in [5.41, 5.74) is 14.1. The van der Waals surface area contributed by atoms with Gasteiger partial charge in [0.05, 0.1) is 6.54 Å². The van der Waals surface area contributed by atoms with Crippen molar-refractivity contribution >= 4 is 11.6 Å². The van der Waals surface area contributed by atoms with Crippen LogP contribution in [0.2, 0.25) is 0 Å². The molecule has 3 aromatic rings. The van der Waals surface area contributed by atoms with Gasteiger partial charge in [0.15, 0.2) is 0 Å². The number of nitrogens with zero attached hydrogens (tertiary/aromatic N) is 3. The number of azide groups is 1. The van der Waals surface area contributed by atoms with E-state index in [1.165, 1.54) is 5.56 Å². The second kappa shape index (κ2) is 7.82. The molecule has 0 fully saturated rings. The summed E-state index contributed by atoms with van der Waals surface area (Å²) in [6.07, 6.45) is 2.19. The maximum atomic E-state index is 8.43. The summed E-state index contributed by atoms with van der Waals surface area (Å²) in [7, 11) is 0. The molecular weight excluding hydrogens is 294 g/mol. The molecule has 0 aliphatic rings. The van der Waals surface area contributed by atoms with E-state index in [2.05, 4.69) is 52.5 Å². The first kappa shape index (κ1) is 15.6. The summed E-state index contributed by atoms with van der Waals surface area (Å²) in [4.78, 5) is 2.81. The van der Waals surface area contributed by atoms with Crippen molar-refractivity contribution < 1.29 is 0 Å². The molecule has 0 spiro atoms. The molecule has 3 rings (SSSR count). The van der Waals surface area contributed by atoms with Gasteiger partial charge in [0.25, 0.3) is 0 Å². The standard InChI is InChI=1S/C21H17N3/c22-24-23-16-18-11-13-20(14-12-18)21(19-9-5-2-6-10-19)15-17-7-3-1-4-8-17/h1-15H,16H2. The van der Waals surface area contributed by atoms with Crippen molar-refractivity contribution in [1.29, 1.82) is 0 Å². The fraction of sp³-hybridized carbons (Fsp3) is 0.0476. The first-order chi connectivity index (χ1) is 11.9. The van der Waals surface area contributed by atoms with Crippen LogP contribution in [0.15, 0.2) is 90.0 Å². The van der Waals surface area contributed by atoms with Crippen molar-refractivity contribution in [2.75, 3.05) is 0 Å².